The molecule has 2 N–H and O–H groups in total. The monoisotopic (exact) mass is 471 g/mol. The van der Waals surface area contributed by atoms with Crippen LogP contribution in [0.1, 0.15) is 26.0 Å². The minimum Gasteiger partial charge on any atom is -0.388 e. The quantitative estimate of drug-likeness (QED) is 0.623. The molecule has 1 aromatic rings. The summed E-state index contributed by atoms with van der Waals surface area (Å²) in [4.78, 5) is 24.2. The number of nitrogens with zero attached hydrogens (tertiary/aromatic N) is 1. The Morgan fingerprint density at radius 3 is 2.83 bits per heavy atom. The van der Waals surface area contributed by atoms with E-state index in [1.807, 2.05) is 11.9 Å². The van der Waals surface area contributed by atoms with Crippen molar-refractivity contribution in [2.24, 2.45) is 0 Å². The van der Waals surface area contributed by atoms with Gasteiger partial charge in [-0.2, -0.15) is 4.39 Å². The predicted molar refractivity (Wildman–Crippen MR) is 56.1 cm³/mol. The van der Waals surface area contributed by atoms with E-state index in [4.69, 9.17) is 4.74 Å². The number of rotatable bonds is 2. The fraction of sp³-hybridized carbons (Fsp3) is 0.600. The molecule has 6 nitrogen and oxygen atoms in total. The zero-order chi connectivity index (χ0) is 12.6. The molecule has 0 spiro atoms. The van der Waals surface area contributed by atoms with Crippen molar-refractivity contribution < 1.29 is 58.3 Å². The zero-order valence-corrected chi connectivity index (χ0v) is 14.5. The van der Waals surface area contributed by atoms with Gasteiger partial charge in [-0.05, 0) is 6.42 Å². The fourth-order valence-electron chi connectivity index (χ4n) is 1.89. The molecule has 1 radical (unpaired) electrons. The van der Waals surface area contributed by atoms with Crippen LogP contribution >= 0.6 is 0 Å². The molecule has 0 saturated carbocycles. The number of halogens is 1. The van der Waals surface area contributed by atoms with Crippen molar-refractivity contribution in [3.05, 3.63) is 32.9 Å². The molecule has 3 atom stereocenters. The van der Waals surface area contributed by atoms with Gasteiger partial charge < -0.3 is 9.84 Å². The Balaban J connectivity index is 0.00000162. The Bertz CT molecular complexity index is 529. The Morgan fingerprint density at radius 1 is 1.61 bits per heavy atom. The topological polar surface area (TPSA) is 84.3 Å². The first-order valence-corrected chi connectivity index (χ1v) is 5.37. The van der Waals surface area contributed by atoms with Gasteiger partial charge in [0.05, 0.1) is 12.3 Å². The summed E-state index contributed by atoms with van der Waals surface area (Å²) in [6.45, 7) is 1.88. The maximum atomic E-state index is 13.1. The van der Waals surface area contributed by atoms with Crippen LogP contribution < -0.4 is 11.2 Å². The van der Waals surface area contributed by atoms with Gasteiger partial charge in [0.1, 0.15) is 6.10 Å². The maximum Gasteiger partial charge on any atom is 0.330 e. The third kappa shape index (κ3) is 3.10. The van der Waals surface area contributed by atoms with Crippen molar-refractivity contribution in [3.8, 4) is 0 Å². The molecule has 0 aliphatic carbocycles. The second kappa shape index (κ2) is 6.42. The van der Waals surface area contributed by atoms with E-state index in [0.29, 0.717) is 12.8 Å². The van der Waals surface area contributed by atoms with Crippen LogP contribution in [0.2, 0.25) is 0 Å². The summed E-state index contributed by atoms with van der Waals surface area (Å²) in [5.74, 6) is -1.08. The summed E-state index contributed by atoms with van der Waals surface area (Å²) in [6.07, 6.45) is -0.172. The van der Waals surface area contributed by atoms with Crippen LogP contribution in [0, 0.1) is 49.9 Å². The van der Waals surface area contributed by atoms with Gasteiger partial charge in [0.15, 0.2) is 6.23 Å². The van der Waals surface area contributed by atoms with E-state index in [2.05, 4.69) is 0 Å². The number of H-pyrrole nitrogens is 1. The smallest absolute Gasteiger partial charge is 0.330 e. The van der Waals surface area contributed by atoms with Crippen molar-refractivity contribution in [3.63, 3.8) is 0 Å². The SMILES string of the molecule is CC[C@H]1CC(O)[C@@H](n2cc(F)c(=O)[nH]c2=O)O1.[Ac]. The molecular weight excluding hydrogens is 458 g/mol. The van der Waals surface area contributed by atoms with Crippen LogP contribution in [0.3, 0.4) is 0 Å². The van der Waals surface area contributed by atoms with Crippen LogP contribution in [0.25, 0.3) is 0 Å². The first-order valence-electron chi connectivity index (χ1n) is 5.37. The van der Waals surface area contributed by atoms with Gasteiger partial charge in [0.2, 0.25) is 5.82 Å². The van der Waals surface area contributed by atoms with Gasteiger partial charge in [0, 0.05) is 50.5 Å². The van der Waals surface area contributed by atoms with E-state index in [0.717, 1.165) is 10.8 Å². The molecular formula is C10H13AcFN2O4. The number of aromatic nitrogens is 2. The summed E-state index contributed by atoms with van der Waals surface area (Å²) in [7, 11) is 0. The van der Waals surface area contributed by atoms with Crippen LogP contribution in [0.15, 0.2) is 15.8 Å². The maximum absolute atomic E-state index is 13.1. The van der Waals surface area contributed by atoms with Gasteiger partial charge in [-0.25, -0.2) is 4.79 Å². The molecule has 1 fully saturated rings. The molecule has 0 bridgehead atoms. The van der Waals surface area contributed by atoms with Crippen LogP contribution in [0.4, 0.5) is 4.39 Å². The molecule has 1 aromatic heterocycles. The van der Waals surface area contributed by atoms with Crippen molar-refractivity contribution in [2.45, 2.75) is 38.2 Å². The number of hydrogen-bond donors (Lipinski definition) is 2. The van der Waals surface area contributed by atoms with E-state index in [9.17, 15) is 19.1 Å². The largest absolute Gasteiger partial charge is 0.388 e. The van der Waals surface area contributed by atoms with Crippen LogP contribution in [-0.2, 0) is 4.74 Å². The van der Waals surface area contributed by atoms with Crippen molar-refractivity contribution in [1.29, 1.82) is 0 Å². The molecule has 1 unspecified atom stereocenters. The normalized spacial score (nSPS) is 26.9. The van der Waals surface area contributed by atoms with Gasteiger partial charge in [-0.1, -0.05) is 6.92 Å². The Hall–Kier alpha value is -0.0284. The fourth-order valence-corrected chi connectivity index (χ4v) is 1.89. The van der Waals surface area contributed by atoms with Gasteiger partial charge in [-0.15, -0.1) is 0 Å². The molecule has 1 aliphatic heterocycles. The minimum absolute atomic E-state index is 0. The van der Waals surface area contributed by atoms with Gasteiger partial charge in [-0.3, -0.25) is 14.3 Å². The number of ether oxygens (including phenoxy) is 1. The van der Waals surface area contributed by atoms with Gasteiger partial charge in [0.25, 0.3) is 5.56 Å². The average Bonchev–Trinajstić information content (AvgIpc) is 2.65. The molecule has 1 saturated heterocycles. The van der Waals surface area contributed by atoms with E-state index in [-0.39, 0.29) is 50.2 Å². The Labute approximate surface area is 138 Å². The summed E-state index contributed by atoms with van der Waals surface area (Å²) in [5, 5.41) is 9.73. The van der Waals surface area contributed by atoms with E-state index in [1.54, 1.807) is 0 Å². The predicted octanol–water partition coefficient (Wildman–Crippen LogP) is -0.266. The first-order chi connectivity index (χ1) is 8.02. The summed E-state index contributed by atoms with van der Waals surface area (Å²) in [5.41, 5.74) is -1.87. The zero-order valence-electron chi connectivity index (χ0n) is 9.80. The number of hydrogen-bond acceptors (Lipinski definition) is 4. The Kier molecular flexibility index (Phi) is 5.71. The van der Waals surface area contributed by atoms with Crippen LogP contribution in [0.5, 0.6) is 0 Å². The number of aromatic amines is 1. The van der Waals surface area contributed by atoms with Crippen LogP contribution in [-0.4, -0.2) is 26.9 Å². The summed E-state index contributed by atoms with van der Waals surface area (Å²) >= 11 is 0. The van der Waals surface area contributed by atoms with Crippen molar-refractivity contribution in [2.75, 3.05) is 0 Å². The molecule has 0 aromatic carbocycles. The minimum atomic E-state index is -1.08. The van der Waals surface area contributed by atoms with Gasteiger partial charge >= 0.3 is 5.69 Å². The second-order valence-corrected chi connectivity index (χ2v) is 4.00. The number of aliphatic hydroxyl groups excluding tert-OH is 1. The molecule has 0 amide bonds. The first kappa shape index (κ1) is 16.0. The third-order valence-electron chi connectivity index (χ3n) is 2.82. The molecule has 2 rings (SSSR count). The molecule has 8 heteroatoms. The van der Waals surface area contributed by atoms with Crippen molar-refractivity contribution >= 4 is 0 Å². The van der Waals surface area contributed by atoms with E-state index < -0.39 is 29.4 Å². The summed E-state index contributed by atoms with van der Waals surface area (Å²) in [6, 6.07) is 0. The molecule has 2 heterocycles. The molecule has 18 heavy (non-hydrogen) atoms. The second-order valence-electron chi connectivity index (χ2n) is 4.00. The van der Waals surface area contributed by atoms with E-state index in [1.165, 1.54) is 0 Å². The average molecular weight is 471 g/mol. The molecule has 1 aliphatic rings. The standard InChI is InChI=1S/C10H13FN2O4.Ac/c1-2-5-3-7(14)9(17-5)13-4-6(11)8(15)12-10(13)16;/h4-5,7,9,14H,2-3H2,1H3,(H,12,15,16);/t5-,7?,9-;/m0./s1. The summed E-state index contributed by atoms with van der Waals surface area (Å²) < 4.78 is 19.4. The van der Waals surface area contributed by atoms with Crippen molar-refractivity contribution in [1.82, 2.24) is 9.55 Å². The van der Waals surface area contributed by atoms with E-state index >= 15 is 0 Å². The number of nitrogens with one attached hydrogen (secondary N) is 1. The Morgan fingerprint density at radius 2 is 2.28 bits per heavy atom. The molecule has 97 valence electrons. The number of aliphatic hydroxyl groups is 1. The third-order valence-corrected chi connectivity index (χ3v) is 2.82.